The Morgan fingerprint density at radius 3 is 2.92 bits per heavy atom. The van der Waals surface area contributed by atoms with Gasteiger partial charge in [-0.3, -0.25) is 4.79 Å². The van der Waals surface area contributed by atoms with Crippen molar-refractivity contribution in [2.24, 2.45) is 0 Å². The van der Waals surface area contributed by atoms with Crippen LogP contribution in [0.2, 0.25) is 0 Å². The molecule has 0 unspecified atom stereocenters. The van der Waals surface area contributed by atoms with E-state index in [0.29, 0.717) is 11.1 Å². The molecule has 0 aliphatic rings. The summed E-state index contributed by atoms with van der Waals surface area (Å²) in [6.07, 6.45) is 1.95. The number of esters is 1. The average molecular weight is 346 g/mol. The Morgan fingerprint density at radius 1 is 1.38 bits per heavy atom. The number of methoxy groups -OCH3 is 1. The van der Waals surface area contributed by atoms with E-state index in [1.54, 1.807) is 29.1 Å². The number of ether oxygens (including phenoxy) is 1. The van der Waals surface area contributed by atoms with Crippen LogP contribution in [0.3, 0.4) is 0 Å². The number of carbonyl (C=O) groups is 2. The molecule has 1 atom stereocenters. The van der Waals surface area contributed by atoms with Gasteiger partial charge in [0.25, 0.3) is 5.91 Å². The van der Waals surface area contributed by atoms with E-state index in [9.17, 15) is 14.0 Å². The highest BCUT2D eigenvalue weighted by molar-refractivity contribution is 7.08. The molecule has 2 heterocycles. The molecular formula is C17H15FN2O3S. The van der Waals surface area contributed by atoms with Crippen LogP contribution >= 0.6 is 11.3 Å². The van der Waals surface area contributed by atoms with Crippen LogP contribution in [0, 0.1) is 5.82 Å². The van der Waals surface area contributed by atoms with Crippen molar-refractivity contribution < 1.29 is 18.7 Å². The third-order valence-corrected chi connectivity index (χ3v) is 4.41. The highest BCUT2D eigenvalue weighted by atomic mass is 32.1. The summed E-state index contributed by atoms with van der Waals surface area (Å²) in [5.74, 6) is -1.21. The summed E-state index contributed by atoms with van der Waals surface area (Å²) < 4.78 is 18.1. The van der Waals surface area contributed by atoms with Crippen molar-refractivity contribution in [3.8, 4) is 0 Å². The van der Waals surface area contributed by atoms with Crippen molar-refractivity contribution >= 4 is 34.1 Å². The van der Waals surface area contributed by atoms with Gasteiger partial charge >= 0.3 is 5.97 Å². The topological polar surface area (TPSA) is 71.2 Å². The molecule has 0 bridgehead atoms. The van der Waals surface area contributed by atoms with E-state index >= 15 is 0 Å². The zero-order valence-corrected chi connectivity index (χ0v) is 13.7. The number of fused-ring (bicyclic) bond motifs is 1. The van der Waals surface area contributed by atoms with Crippen LogP contribution in [0.5, 0.6) is 0 Å². The van der Waals surface area contributed by atoms with Gasteiger partial charge in [0.15, 0.2) is 0 Å². The standard InChI is InChI=1S/C17H15FN2O3S/c1-23-17(22)15(20-16(21)10-4-5-24-9-10)6-11-8-19-14-7-12(18)2-3-13(11)14/h2-5,7-9,15,19H,6H2,1H3,(H,20,21)/t15-/m0/s1. The second-order valence-electron chi connectivity index (χ2n) is 5.27. The molecule has 7 heteroatoms. The van der Waals surface area contributed by atoms with Crippen LogP contribution in [0.15, 0.2) is 41.2 Å². The summed E-state index contributed by atoms with van der Waals surface area (Å²) in [5, 5.41) is 6.99. The first-order valence-electron chi connectivity index (χ1n) is 7.25. The van der Waals surface area contributed by atoms with Crippen molar-refractivity contribution in [3.05, 3.63) is 58.2 Å². The minimum atomic E-state index is -0.827. The van der Waals surface area contributed by atoms with Crippen LogP contribution in [-0.2, 0) is 16.0 Å². The van der Waals surface area contributed by atoms with Crippen molar-refractivity contribution in [2.45, 2.75) is 12.5 Å². The number of aromatic nitrogens is 1. The molecule has 0 aliphatic heterocycles. The lowest BCUT2D eigenvalue weighted by Crippen LogP contribution is -2.42. The number of aromatic amines is 1. The second kappa shape index (κ2) is 6.84. The molecule has 0 saturated heterocycles. The molecule has 0 fully saturated rings. The lowest BCUT2D eigenvalue weighted by atomic mass is 10.0. The van der Waals surface area contributed by atoms with E-state index in [1.165, 1.54) is 30.6 Å². The van der Waals surface area contributed by atoms with Gasteiger partial charge in [0.2, 0.25) is 0 Å². The molecule has 0 aliphatic carbocycles. The summed E-state index contributed by atoms with van der Waals surface area (Å²) in [4.78, 5) is 27.2. The molecule has 2 N–H and O–H groups in total. The monoisotopic (exact) mass is 346 g/mol. The number of benzene rings is 1. The van der Waals surface area contributed by atoms with E-state index in [1.807, 2.05) is 0 Å². The number of hydrogen-bond donors (Lipinski definition) is 2. The molecule has 0 spiro atoms. The number of carbonyl (C=O) groups excluding carboxylic acids is 2. The maximum atomic E-state index is 13.3. The number of rotatable bonds is 5. The fraction of sp³-hybridized carbons (Fsp3) is 0.176. The summed E-state index contributed by atoms with van der Waals surface area (Å²) in [6, 6.07) is 5.24. The number of thiophene rings is 1. The zero-order valence-electron chi connectivity index (χ0n) is 12.8. The quantitative estimate of drug-likeness (QED) is 0.698. The molecular weight excluding hydrogens is 331 g/mol. The molecule has 3 rings (SSSR count). The van der Waals surface area contributed by atoms with Crippen LogP contribution in [0.1, 0.15) is 15.9 Å². The second-order valence-corrected chi connectivity index (χ2v) is 6.05. The Balaban J connectivity index is 1.83. The maximum Gasteiger partial charge on any atom is 0.328 e. The number of H-pyrrole nitrogens is 1. The molecule has 2 aromatic heterocycles. The third-order valence-electron chi connectivity index (χ3n) is 3.73. The average Bonchev–Trinajstić information content (AvgIpc) is 3.23. The Morgan fingerprint density at radius 2 is 2.21 bits per heavy atom. The lowest BCUT2D eigenvalue weighted by molar-refractivity contribution is -0.142. The van der Waals surface area contributed by atoms with Crippen molar-refractivity contribution in [1.29, 1.82) is 0 Å². The van der Waals surface area contributed by atoms with Gasteiger partial charge in [-0.05, 0) is 35.2 Å². The van der Waals surface area contributed by atoms with E-state index in [0.717, 1.165) is 10.9 Å². The summed E-state index contributed by atoms with van der Waals surface area (Å²) >= 11 is 1.40. The van der Waals surface area contributed by atoms with Crippen molar-refractivity contribution in [2.75, 3.05) is 7.11 Å². The Kier molecular flexibility index (Phi) is 4.61. The highest BCUT2D eigenvalue weighted by Crippen LogP contribution is 2.21. The summed E-state index contributed by atoms with van der Waals surface area (Å²) in [7, 11) is 1.27. The van der Waals surface area contributed by atoms with E-state index in [4.69, 9.17) is 4.74 Å². The molecule has 0 radical (unpaired) electrons. The molecule has 1 aromatic carbocycles. The Hall–Kier alpha value is -2.67. The smallest absolute Gasteiger partial charge is 0.328 e. The predicted octanol–water partition coefficient (Wildman–Crippen LogP) is 2.88. The fourth-order valence-corrected chi connectivity index (χ4v) is 3.15. The minimum Gasteiger partial charge on any atom is -0.467 e. The van der Waals surface area contributed by atoms with E-state index in [2.05, 4.69) is 10.3 Å². The van der Waals surface area contributed by atoms with Crippen LogP contribution in [0.4, 0.5) is 4.39 Å². The van der Waals surface area contributed by atoms with Gasteiger partial charge in [-0.15, -0.1) is 0 Å². The van der Waals surface area contributed by atoms with Gasteiger partial charge in [-0.25, -0.2) is 9.18 Å². The first-order chi connectivity index (χ1) is 11.6. The van der Waals surface area contributed by atoms with Crippen molar-refractivity contribution in [3.63, 3.8) is 0 Å². The van der Waals surface area contributed by atoms with Crippen LogP contribution in [0.25, 0.3) is 10.9 Å². The first kappa shape index (κ1) is 16.2. The number of amides is 1. The molecule has 3 aromatic rings. The van der Waals surface area contributed by atoms with Gasteiger partial charge in [0.1, 0.15) is 11.9 Å². The molecule has 1 amide bonds. The van der Waals surface area contributed by atoms with Gasteiger partial charge < -0.3 is 15.0 Å². The fourth-order valence-electron chi connectivity index (χ4n) is 2.52. The first-order valence-corrected chi connectivity index (χ1v) is 8.19. The van der Waals surface area contributed by atoms with Gasteiger partial charge in [-0.1, -0.05) is 0 Å². The summed E-state index contributed by atoms with van der Waals surface area (Å²) in [6.45, 7) is 0. The maximum absolute atomic E-state index is 13.3. The third kappa shape index (κ3) is 3.30. The van der Waals surface area contributed by atoms with Gasteiger partial charge in [0, 0.05) is 28.9 Å². The zero-order chi connectivity index (χ0) is 17.1. The van der Waals surface area contributed by atoms with E-state index < -0.39 is 12.0 Å². The van der Waals surface area contributed by atoms with Crippen LogP contribution in [-0.4, -0.2) is 30.0 Å². The SMILES string of the molecule is COC(=O)[C@H](Cc1c[nH]c2cc(F)ccc12)NC(=O)c1ccsc1. The Bertz CT molecular complexity index is 873. The van der Waals surface area contributed by atoms with Crippen LogP contribution < -0.4 is 5.32 Å². The molecule has 0 saturated carbocycles. The molecule has 24 heavy (non-hydrogen) atoms. The normalized spacial score (nSPS) is 12.1. The summed E-state index contributed by atoms with van der Waals surface area (Å²) in [5.41, 5.74) is 1.93. The Labute approximate surface area is 141 Å². The minimum absolute atomic E-state index is 0.244. The number of nitrogens with one attached hydrogen (secondary N) is 2. The van der Waals surface area contributed by atoms with Gasteiger partial charge in [0.05, 0.1) is 12.7 Å². The van der Waals surface area contributed by atoms with Gasteiger partial charge in [-0.2, -0.15) is 11.3 Å². The lowest BCUT2D eigenvalue weighted by Gasteiger charge is -2.16. The number of hydrogen-bond acceptors (Lipinski definition) is 4. The predicted molar refractivity (Wildman–Crippen MR) is 89.5 cm³/mol. The number of halogens is 1. The molecule has 124 valence electrons. The van der Waals surface area contributed by atoms with E-state index in [-0.39, 0.29) is 18.1 Å². The molecule has 5 nitrogen and oxygen atoms in total. The largest absolute Gasteiger partial charge is 0.467 e. The highest BCUT2D eigenvalue weighted by Gasteiger charge is 2.24. The van der Waals surface area contributed by atoms with Crippen molar-refractivity contribution in [1.82, 2.24) is 10.3 Å².